The molecule has 7 nitrogen and oxygen atoms in total. The third-order valence-corrected chi connectivity index (χ3v) is 4.33. The Labute approximate surface area is 149 Å². The molecule has 0 saturated carbocycles. The number of carbonyl (C=O) groups excluding carboxylic acids is 1. The van der Waals surface area contributed by atoms with Crippen molar-refractivity contribution in [2.75, 3.05) is 0 Å². The maximum absolute atomic E-state index is 12.1. The van der Waals surface area contributed by atoms with E-state index in [0.29, 0.717) is 24.0 Å². The molecule has 0 aromatic heterocycles. The zero-order valence-corrected chi connectivity index (χ0v) is 13.8. The molecule has 0 heterocycles. The van der Waals surface area contributed by atoms with Crippen molar-refractivity contribution in [2.24, 2.45) is 0 Å². The first-order chi connectivity index (χ1) is 12.5. The normalized spacial score (nSPS) is 15.2. The molecule has 2 aromatic rings. The van der Waals surface area contributed by atoms with Crippen LogP contribution in [0, 0.1) is 0 Å². The molecule has 0 saturated heterocycles. The lowest BCUT2D eigenvalue weighted by Crippen LogP contribution is -2.28. The summed E-state index contributed by atoms with van der Waals surface area (Å²) in [6.45, 7) is 0.113. The van der Waals surface area contributed by atoms with E-state index in [9.17, 15) is 24.6 Å². The Bertz CT molecular complexity index is 862. The second-order valence-corrected chi connectivity index (χ2v) is 6.00. The molecule has 0 radical (unpaired) electrons. The number of ether oxygens (including phenoxy) is 1. The summed E-state index contributed by atoms with van der Waals surface area (Å²) in [7, 11) is 0. The number of amides is 1. The van der Waals surface area contributed by atoms with Crippen molar-refractivity contribution in [2.45, 2.75) is 25.5 Å². The Morgan fingerprint density at radius 2 is 1.81 bits per heavy atom. The molecule has 3 rings (SSSR count). The van der Waals surface area contributed by atoms with Gasteiger partial charge in [-0.3, -0.25) is 0 Å². The average Bonchev–Trinajstić information content (AvgIpc) is 3.02. The zero-order valence-electron chi connectivity index (χ0n) is 13.8. The summed E-state index contributed by atoms with van der Waals surface area (Å²) in [6.07, 6.45) is 0.295. The number of alkyl carbamates (subject to hydrolysis) is 1. The fourth-order valence-electron chi connectivity index (χ4n) is 3.10. The average molecular weight is 355 g/mol. The van der Waals surface area contributed by atoms with Gasteiger partial charge in [-0.15, -0.1) is 0 Å². The molecule has 2 aromatic carbocycles. The highest BCUT2D eigenvalue weighted by Gasteiger charge is 2.30. The fourth-order valence-corrected chi connectivity index (χ4v) is 3.10. The van der Waals surface area contributed by atoms with Crippen LogP contribution in [0.5, 0.6) is 0 Å². The smallest absolute Gasteiger partial charge is 0.407 e. The van der Waals surface area contributed by atoms with Crippen molar-refractivity contribution in [1.82, 2.24) is 5.32 Å². The van der Waals surface area contributed by atoms with Gasteiger partial charge in [0.1, 0.15) is 6.61 Å². The van der Waals surface area contributed by atoms with E-state index < -0.39 is 24.1 Å². The van der Waals surface area contributed by atoms with Crippen molar-refractivity contribution >= 4 is 18.0 Å². The van der Waals surface area contributed by atoms with Crippen LogP contribution in [0.3, 0.4) is 0 Å². The molecule has 7 heteroatoms. The maximum Gasteiger partial charge on any atom is 0.407 e. The summed E-state index contributed by atoms with van der Waals surface area (Å²) in [4.78, 5) is 34.7. The SMILES string of the molecule is O=C(NC1CCc2c(C(=O)O)cc(C(=O)O)cc21)OCc1ccccc1. The molecule has 134 valence electrons. The minimum atomic E-state index is -1.22. The van der Waals surface area contributed by atoms with E-state index in [-0.39, 0.29) is 17.7 Å². The summed E-state index contributed by atoms with van der Waals surface area (Å²) in [5, 5.41) is 21.2. The Morgan fingerprint density at radius 3 is 2.46 bits per heavy atom. The topological polar surface area (TPSA) is 113 Å². The first-order valence-electron chi connectivity index (χ1n) is 8.06. The van der Waals surface area contributed by atoms with E-state index in [1.807, 2.05) is 30.3 Å². The predicted molar refractivity (Wildman–Crippen MR) is 91.2 cm³/mol. The molecule has 1 amide bonds. The van der Waals surface area contributed by atoms with E-state index in [1.54, 1.807) is 0 Å². The molecule has 0 bridgehead atoms. The van der Waals surface area contributed by atoms with Crippen LogP contribution in [-0.4, -0.2) is 28.2 Å². The van der Waals surface area contributed by atoms with Crippen molar-refractivity contribution in [3.05, 3.63) is 70.3 Å². The monoisotopic (exact) mass is 355 g/mol. The highest BCUT2D eigenvalue weighted by atomic mass is 16.5. The Morgan fingerprint density at radius 1 is 1.08 bits per heavy atom. The lowest BCUT2D eigenvalue weighted by Gasteiger charge is -2.15. The van der Waals surface area contributed by atoms with Gasteiger partial charge >= 0.3 is 18.0 Å². The first-order valence-corrected chi connectivity index (χ1v) is 8.06. The van der Waals surface area contributed by atoms with Crippen LogP contribution in [0.4, 0.5) is 4.79 Å². The molecule has 0 spiro atoms. The van der Waals surface area contributed by atoms with E-state index in [0.717, 1.165) is 11.6 Å². The molecule has 1 aliphatic rings. The van der Waals surface area contributed by atoms with Crippen LogP contribution in [0.1, 0.15) is 49.9 Å². The van der Waals surface area contributed by atoms with Gasteiger partial charge in [0.2, 0.25) is 0 Å². The molecule has 1 aliphatic carbocycles. The highest BCUT2D eigenvalue weighted by Crippen LogP contribution is 2.34. The number of benzene rings is 2. The summed E-state index contributed by atoms with van der Waals surface area (Å²) in [6, 6.07) is 11.3. The Kier molecular flexibility index (Phi) is 4.88. The molecule has 1 unspecified atom stereocenters. The van der Waals surface area contributed by atoms with Crippen molar-refractivity contribution < 1.29 is 29.3 Å². The van der Waals surface area contributed by atoms with E-state index in [4.69, 9.17) is 4.74 Å². The van der Waals surface area contributed by atoms with Gasteiger partial charge in [0.05, 0.1) is 17.2 Å². The summed E-state index contributed by atoms with van der Waals surface area (Å²) in [5.74, 6) is -2.40. The first kappa shape index (κ1) is 17.5. The lowest BCUT2D eigenvalue weighted by molar-refractivity contribution is 0.0695. The molecular weight excluding hydrogens is 338 g/mol. The van der Waals surface area contributed by atoms with Crippen molar-refractivity contribution in [3.8, 4) is 0 Å². The van der Waals surface area contributed by atoms with E-state index in [2.05, 4.69) is 5.32 Å². The molecule has 3 N–H and O–H groups in total. The number of hydrogen-bond donors (Lipinski definition) is 3. The van der Waals surface area contributed by atoms with Gasteiger partial charge in [-0.2, -0.15) is 0 Å². The van der Waals surface area contributed by atoms with Crippen LogP contribution in [0.2, 0.25) is 0 Å². The van der Waals surface area contributed by atoms with Crippen LogP contribution >= 0.6 is 0 Å². The number of aromatic carboxylic acids is 2. The largest absolute Gasteiger partial charge is 0.478 e. The highest BCUT2D eigenvalue weighted by molar-refractivity contribution is 5.95. The summed E-state index contributed by atoms with van der Waals surface area (Å²) >= 11 is 0. The molecule has 0 aliphatic heterocycles. The Hall–Kier alpha value is -3.35. The van der Waals surface area contributed by atoms with Gasteiger partial charge in [-0.1, -0.05) is 30.3 Å². The second kappa shape index (κ2) is 7.26. The summed E-state index contributed by atoms with van der Waals surface area (Å²) in [5.41, 5.74) is 1.75. The number of hydrogen-bond acceptors (Lipinski definition) is 4. The number of carbonyl (C=O) groups is 3. The number of rotatable bonds is 5. The minimum absolute atomic E-state index is 0.0400. The van der Waals surface area contributed by atoms with Gasteiger partial charge < -0.3 is 20.3 Å². The predicted octanol–water partition coefficient (Wildman–Crippen LogP) is 3.00. The van der Waals surface area contributed by atoms with E-state index in [1.165, 1.54) is 6.07 Å². The molecular formula is C19H17NO6. The second-order valence-electron chi connectivity index (χ2n) is 6.00. The van der Waals surface area contributed by atoms with Gasteiger partial charge in [0.25, 0.3) is 0 Å². The fraction of sp³-hybridized carbons (Fsp3) is 0.211. The standard InChI is InChI=1S/C19H17NO6/c21-17(22)12-8-14-13(15(9-12)18(23)24)6-7-16(14)20-19(25)26-10-11-4-2-1-3-5-11/h1-5,8-9,16H,6-7,10H2,(H,20,25)(H,21,22)(H,23,24). The van der Waals surface area contributed by atoms with Crippen LogP contribution in [0.15, 0.2) is 42.5 Å². The van der Waals surface area contributed by atoms with Gasteiger partial charge in [0, 0.05) is 0 Å². The molecule has 26 heavy (non-hydrogen) atoms. The van der Waals surface area contributed by atoms with Gasteiger partial charge in [0.15, 0.2) is 0 Å². The minimum Gasteiger partial charge on any atom is -0.478 e. The number of nitrogens with one attached hydrogen (secondary N) is 1. The van der Waals surface area contributed by atoms with Crippen molar-refractivity contribution in [1.29, 1.82) is 0 Å². The molecule has 0 fully saturated rings. The van der Waals surface area contributed by atoms with Crippen LogP contribution < -0.4 is 5.32 Å². The van der Waals surface area contributed by atoms with Crippen LogP contribution in [0.25, 0.3) is 0 Å². The van der Waals surface area contributed by atoms with Crippen LogP contribution in [-0.2, 0) is 17.8 Å². The van der Waals surface area contributed by atoms with Crippen molar-refractivity contribution in [3.63, 3.8) is 0 Å². The number of fused-ring (bicyclic) bond motifs is 1. The number of carboxylic acids is 2. The number of carboxylic acid groups (broad SMARTS) is 2. The molecule has 1 atom stereocenters. The third kappa shape index (κ3) is 3.66. The zero-order chi connectivity index (χ0) is 18.7. The third-order valence-electron chi connectivity index (χ3n) is 4.33. The van der Waals surface area contributed by atoms with Gasteiger partial charge in [-0.25, -0.2) is 14.4 Å². The maximum atomic E-state index is 12.1. The summed E-state index contributed by atoms with van der Waals surface area (Å²) < 4.78 is 5.18. The van der Waals surface area contributed by atoms with E-state index >= 15 is 0 Å². The Balaban J connectivity index is 1.75. The van der Waals surface area contributed by atoms with Gasteiger partial charge in [-0.05, 0) is 41.7 Å². The quantitative estimate of drug-likeness (QED) is 0.760. The lowest BCUT2D eigenvalue weighted by atomic mass is 9.98.